The van der Waals surface area contributed by atoms with Gasteiger partial charge in [0.2, 0.25) is 0 Å². The first-order chi connectivity index (χ1) is 7.00. The molecule has 0 aromatic carbocycles. The second-order valence-corrected chi connectivity index (χ2v) is 3.52. The summed E-state index contributed by atoms with van der Waals surface area (Å²) in [6.45, 7) is 1.83. The topological polar surface area (TPSA) is 93.2 Å². The second-order valence-electron chi connectivity index (χ2n) is 3.52. The fourth-order valence-electron chi connectivity index (χ4n) is 1.02. The minimum absolute atomic E-state index is 0.237. The van der Waals surface area contributed by atoms with Crippen molar-refractivity contribution in [3.8, 4) is 0 Å². The Hall–Kier alpha value is -1.40. The SMILES string of the molecule is CC(O)C(N)CNC(=O)c1cnn(C)c1. The van der Waals surface area contributed by atoms with Crippen molar-refractivity contribution in [3.63, 3.8) is 0 Å². The van der Waals surface area contributed by atoms with Crippen LogP contribution in [-0.4, -0.2) is 39.5 Å². The van der Waals surface area contributed by atoms with E-state index in [9.17, 15) is 4.79 Å². The molecule has 0 aliphatic rings. The number of hydrogen-bond donors (Lipinski definition) is 3. The van der Waals surface area contributed by atoms with Gasteiger partial charge in [-0.1, -0.05) is 0 Å². The van der Waals surface area contributed by atoms with Crippen molar-refractivity contribution >= 4 is 5.91 Å². The molecule has 1 aromatic rings. The van der Waals surface area contributed by atoms with Crippen LogP contribution in [0.2, 0.25) is 0 Å². The summed E-state index contributed by atoms with van der Waals surface area (Å²) in [6, 6.07) is -0.453. The lowest BCUT2D eigenvalue weighted by Gasteiger charge is -2.14. The maximum absolute atomic E-state index is 11.5. The maximum Gasteiger partial charge on any atom is 0.254 e. The number of aromatic nitrogens is 2. The molecule has 0 bridgehead atoms. The van der Waals surface area contributed by atoms with E-state index in [0.29, 0.717) is 5.56 Å². The highest BCUT2D eigenvalue weighted by molar-refractivity contribution is 5.93. The van der Waals surface area contributed by atoms with Crippen LogP contribution in [0.4, 0.5) is 0 Å². The highest BCUT2D eigenvalue weighted by Crippen LogP contribution is 1.96. The van der Waals surface area contributed by atoms with Crippen LogP contribution < -0.4 is 11.1 Å². The van der Waals surface area contributed by atoms with Crippen LogP contribution in [0.3, 0.4) is 0 Å². The highest BCUT2D eigenvalue weighted by Gasteiger charge is 2.12. The van der Waals surface area contributed by atoms with Crippen LogP contribution >= 0.6 is 0 Å². The van der Waals surface area contributed by atoms with E-state index in [-0.39, 0.29) is 12.5 Å². The maximum atomic E-state index is 11.5. The summed E-state index contributed by atoms with van der Waals surface area (Å²) in [6.07, 6.45) is 2.45. The van der Waals surface area contributed by atoms with Gasteiger partial charge in [-0.15, -0.1) is 0 Å². The van der Waals surface area contributed by atoms with E-state index in [4.69, 9.17) is 10.8 Å². The largest absolute Gasteiger partial charge is 0.392 e. The molecule has 2 atom stereocenters. The van der Waals surface area contributed by atoms with Gasteiger partial charge in [-0.25, -0.2) is 0 Å². The molecule has 84 valence electrons. The monoisotopic (exact) mass is 212 g/mol. The molecule has 0 fully saturated rings. The number of aliphatic hydroxyl groups excluding tert-OH is 1. The Morgan fingerprint density at radius 3 is 2.93 bits per heavy atom. The summed E-state index contributed by atoms with van der Waals surface area (Å²) >= 11 is 0. The molecule has 1 rings (SSSR count). The molecule has 0 aliphatic heterocycles. The van der Waals surface area contributed by atoms with Crippen molar-refractivity contribution in [2.45, 2.75) is 19.1 Å². The molecule has 0 radical (unpaired) electrons. The fraction of sp³-hybridized carbons (Fsp3) is 0.556. The fourth-order valence-corrected chi connectivity index (χ4v) is 1.02. The molecule has 4 N–H and O–H groups in total. The number of aryl methyl sites for hydroxylation is 1. The van der Waals surface area contributed by atoms with Crippen molar-refractivity contribution in [2.75, 3.05) is 6.54 Å². The number of hydrogen-bond acceptors (Lipinski definition) is 4. The van der Waals surface area contributed by atoms with E-state index >= 15 is 0 Å². The zero-order chi connectivity index (χ0) is 11.4. The number of carbonyl (C=O) groups is 1. The van der Waals surface area contributed by atoms with Crippen molar-refractivity contribution in [3.05, 3.63) is 18.0 Å². The van der Waals surface area contributed by atoms with Crippen LogP contribution in [0.25, 0.3) is 0 Å². The lowest BCUT2D eigenvalue weighted by atomic mass is 10.2. The predicted octanol–water partition coefficient (Wildman–Crippen LogP) is -1.14. The summed E-state index contributed by atoms with van der Waals surface area (Å²) in [5.41, 5.74) is 6.04. The van der Waals surface area contributed by atoms with Crippen molar-refractivity contribution in [2.24, 2.45) is 12.8 Å². The molecule has 0 saturated carbocycles. The molecule has 2 unspecified atom stereocenters. The lowest BCUT2D eigenvalue weighted by Crippen LogP contribution is -2.43. The molecular formula is C9H16N4O2. The first-order valence-corrected chi connectivity index (χ1v) is 4.71. The molecule has 0 spiro atoms. The number of amides is 1. The van der Waals surface area contributed by atoms with E-state index in [2.05, 4.69) is 10.4 Å². The first kappa shape index (κ1) is 11.7. The third-order valence-electron chi connectivity index (χ3n) is 2.09. The van der Waals surface area contributed by atoms with E-state index < -0.39 is 12.1 Å². The third-order valence-corrected chi connectivity index (χ3v) is 2.09. The molecule has 1 aromatic heterocycles. The van der Waals surface area contributed by atoms with Crippen LogP contribution in [0, 0.1) is 0 Å². The highest BCUT2D eigenvalue weighted by atomic mass is 16.3. The van der Waals surface area contributed by atoms with Crippen LogP contribution in [-0.2, 0) is 7.05 Å². The average molecular weight is 212 g/mol. The number of aliphatic hydroxyl groups is 1. The quantitative estimate of drug-likeness (QED) is 0.588. The Labute approximate surface area is 88.1 Å². The summed E-state index contributed by atoms with van der Waals surface area (Å²) in [5, 5.41) is 15.6. The van der Waals surface area contributed by atoms with E-state index in [1.165, 1.54) is 6.20 Å². The molecule has 15 heavy (non-hydrogen) atoms. The number of nitrogens with one attached hydrogen (secondary N) is 1. The predicted molar refractivity (Wildman–Crippen MR) is 55.2 cm³/mol. The molecular weight excluding hydrogens is 196 g/mol. The number of nitrogens with zero attached hydrogens (tertiary/aromatic N) is 2. The van der Waals surface area contributed by atoms with Crippen LogP contribution in [0.1, 0.15) is 17.3 Å². The summed E-state index contributed by atoms with van der Waals surface area (Å²) in [7, 11) is 1.73. The molecule has 6 heteroatoms. The Morgan fingerprint density at radius 1 is 1.80 bits per heavy atom. The van der Waals surface area contributed by atoms with E-state index in [1.807, 2.05) is 0 Å². The molecule has 0 saturated heterocycles. The van der Waals surface area contributed by atoms with Crippen LogP contribution in [0.5, 0.6) is 0 Å². The van der Waals surface area contributed by atoms with Crippen molar-refractivity contribution in [1.82, 2.24) is 15.1 Å². The summed E-state index contributed by atoms with van der Waals surface area (Å²) in [4.78, 5) is 11.5. The number of rotatable bonds is 4. The minimum Gasteiger partial charge on any atom is -0.392 e. The Morgan fingerprint density at radius 2 is 2.47 bits per heavy atom. The first-order valence-electron chi connectivity index (χ1n) is 4.71. The van der Waals surface area contributed by atoms with Gasteiger partial charge in [0.15, 0.2) is 0 Å². The molecule has 0 aliphatic carbocycles. The minimum atomic E-state index is -0.640. The zero-order valence-electron chi connectivity index (χ0n) is 8.84. The van der Waals surface area contributed by atoms with Crippen molar-refractivity contribution < 1.29 is 9.90 Å². The van der Waals surface area contributed by atoms with Gasteiger partial charge in [0.25, 0.3) is 5.91 Å². The van der Waals surface area contributed by atoms with Gasteiger partial charge in [-0.2, -0.15) is 5.10 Å². The number of nitrogens with two attached hydrogens (primary N) is 1. The third kappa shape index (κ3) is 3.34. The Bertz CT molecular complexity index is 335. The van der Waals surface area contributed by atoms with Gasteiger partial charge in [-0.3, -0.25) is 9.48 Å². The molecule has 1 heterocycles. The molecule has 6 nitrogen and oxygen atoms in total. The Kier molecular flexibility index (Phi) is 3.81. The van der Waals surface area contributed by atoms with E-state index in [1.54, 1.807) is 24.9 Å². The van der Waals surface area contributed by atoms with E-state index in [0.717, 1.165) is 0 Å². The lowest BCUT2D eigenvalue weighted by molar-refractivity contribution is 0.0937. The van der Waals surface area contributed by atoms with Gasteiger partial charge in [0.05, 0.1) is 17.9 Å². The summed E-state index contributed by atoms with van der Waals surface area (Å²) < 4.78 is 1.55. The van der Waals surface area contributed by atoms with Crippen molar-refractivity contribution in [1.29, 1.82) is 0 Å². The van der Waals surface area contributed by atoms with Crippen LogP contribution in [0.15, 0.2) is 12.4 Å². The van der Waals surface area contributed by atoms with Gasteiger partial charge < -0.3 is 16.2 Å². The zero-order valence-corrected chi connectivity index (χ0v) is 8.84. The molecule has 1 amide bonds. The standard InChI is InChI=1S/C9H16N4O2/c1-6(14)8(10)4-11-9(15)7-3-12-13(2)5-7/h3,5-6,8,14H,4,10H2,1-2H3,(H,11,15). The second kappa shape index (κ2) is 4.90. The van der Waals surface area contributed by atoms with Gasteiger partial charge in [-0.05, 0) is 6.92 Å². The summed E-state index contributed by atoms with van der Waals surface area (Å²) in [5.74, 6) is -0.237. The Balaban J connectivity index is 2.43. The number of carbonyl (C=O) groups excluding carboxylic acids is 1. The smallest absolute Gasteiger partial charge is 0.254 e. The normalized spacial score (nSPS) is 14.7. The van der Waals surface area contributed by atoms with Gasteiger partial charge in [0, 0.05) is 25.8 Å². The van der Waals surface area contributed by atoms with Gasteiger partial charge >= 0.3 is 0 Å². The van der Waals surface area contributed by atoms with Gasteiger partial charge in [0.1, 0.15) is 0 Å². The average Bonchev–Trinajstić information content (AvgIpc) is 2.60.